The predicted molar refractivity (Wildman–Crippen MR) is 75.1 cm³/mol. The van der Waals surface area contributed by atoms with Crippen LogP contribution in [-0.4, -0.2) is 54.5 Å². The minimum absolute atomic E-state index is 0.125. The first-order valence-corrected chi connectivity index (χ1v) is 7.25. The Morgan fingerprint density at radius 3 is 2.15 bits per heavy atom. The number of hydrogen-bond donors (Lipinski definition) is 0. The molecule has 5 nitrogen and oxygen atoms in total. The maximum Gasteiger partial charge on any atom is 0.460 e. The Labute approximate surface area is 147 Å². The lowest BCUT2D eigenvalue weighted by atomic mass is 10.0. The second-order valence-corrected chi connectivity index (χ2v) is 5.67. The number of amides is 1. The Bertz CT molecular complexity index is 763. The quantitative estimate of drug-likeness (QED) is 0.560. The molecule has 0 saturated heterocycles. The molecule has 1 aromatic rings. The molecule has 0 bridgehead atoms. The zero-order valence-corrected chi connectivity index (χ0v) is 13.7. The van der Waals surface area contributed by atoms with Gasteiger partial charge in [0.2, 0.25) is 6.79 Å². The van der Waals surface area contributed by atoms with Gasteiger partial charge in [-0.15, -0.1) is 0 Å². The third-order valence-corrected chi connectivity index (χ3v) is 3.96. The first-order valence-electron chi connectivity index (χ1n) is 7.25. The Morgan fingerprint density at radius 2 is 1.59 bits per heavy atom. The van der Waals surface area contributed by atoms with Crippen LogP contribution < -0.4 is 9.47 Å². The van der Waals surface area contributed by atoms with Crippen molar-refractivity contribution in [1.82, 2.24) is 4.90 Å². The molecule has 12 heteroatoms. The topological polar surface area (TPSA) is 55.8 Å². The van der Waals surface area contributed by atoms with Crippen LogP contribution in [0.5, 0.6) is 11.5 Å². The molecule has 0 N–H and O–H groups in total. The van der Waals surface area contributed by atoms with Crippen LogP contribution in [0.25, 0.3) is 0 Å². The van der Waals surface area contributed by atoms with Crippen molar-refractivity contribution in [2.45, 2.75) is 31.0 Å². The van der Waals surface area contributed by atoms with Gasteiger partial charge >= 0.3 is 18.0 Å². The Hall–Kier alpha value is -2.53. The summed E-state index contributed by atoms with van der Waals surface area (Å²) >= 11 is 0. The van der Waals surface area contributed by atoms with Gasteiger partial charge in [0.15, 0.2) is 17.3 Å². The molecule has 1 amide bonds. The Morgan fingerprint density at radius 1 is 1.04 bits per heavy atom. The fourth-order valence-electron chi connectivity index (χ4n) is 2.18. The molecule has 1 heterocycles. The molecule has 0 radical (unpaired) electrons. The Kier molecular flexibility index (Phi) is 5.06. The summed E-state index contributed by atoms with van der Waals surface area (Å²) in [6.45, 7) is 0.784. The average Bonchev–Trinajstić information content (AvgIpc) is 3.05. The molecule has 0 spiro atoms. The normalized spacial score (nSPS) is 15.4. The smallest absolute Gasteiger partial charge is 0.454 e. The lowest BCUT2D eigenvalue weighted by Gasteiger charge is -2.32. The van der Waals surface area contributed by atoms with E-state index in [1.165, 1.54) is 18.2 Å². The van der Waals surface area contributed by atoms with Gasteiger partial charge < -0.3 is 14.4 Å². The number of benzene rings is 1. The van der Waals surface area contributed by atoms with E-state index in [1.54, 1.807) is 0 Å². The zero-order chi connectivity index (χ0) is 20.8. The molecule has 1 aromatic carbocycles. The van der Waals surface area contributed by atoms with Crippen LogP contribution in [0.1, 0.15) is 17.3 Å². The summed E-state index contributed by atoms with van der Waals surface area (Å²) in [5.74, 6) is -16.1. The second-order valence-electron chi connectivity index (χ2n) is 5.67. The number of hydrogen-bond acceptors (Lipinski definition) is 4. The van der Waals surface area contributed by atoms with E-state index in [1.807, 2.05) is 0 Å². The van der Waals surface area contributed by atoms with E-state index in [9.17, 15) is 40.3 Å². The van der Waals surface area contributed by atoms with E-state index >= 15 is 0 Å². The molecule has 1 aliphatic heterocycles. The molecule has 150 valence electrons. The van der Waals surface area contributed by atoms with Crippen molar-refractivity contribution < 1.29 is 49.8 Å². The summed E-state index contributed by atoms with van der Waals surface area (Å²) in [6.07, 6.45) is -6.66. The van der Waals surface area contributed by atoms with Gasteiger partial charge in [-0.3, -0.25) is 9.59 Å². The van der Waals surface area contributed by atoms with E-state index < -0.39 is 35.8 Å². The number of ketones is 1. The molecule has 27 heavy (non-hydrogen) atoms. The van der Waals surface area contributed by atoms with Crippen molar-refractivity contribution in [2.24, 2.45) is 0 Å². The molecular weight excluding hydrogens is 391 g/mol. The van der Waals surface area contributed by atoms with Crippen LogP contribution >= 0.6 is 0 Å². The predicted octanol–water partition coefficient (Wildman–Crippen LogP) is 3.28. The van der Waals surface area contributed by atoms with Gasteiger partial charge in [-0.2, -0.15) is 30.7 Å². The fraction of sp³-hybridized carbons (Fsp3) is 0.467. The van der Waals surface area contributed by atoms with Gasteiger partial charge in [0.05, 0.1) is 6.04 Å². The van der Waals surface area contributed by atoms with Gasteiger partial charge in [-0.1, -0.05) is 0 Å². The van der Waals surface area contributed by atoms with Gasteiger partial charge in [0, 0.05) is 12.6 Å². The summed E-state index contributed by atoms with van der Waals surface area (Å²) in [5.41, 5.74) is -0.141. The molecule has 2 rings (SSSR count). The number of carbonyl (C=O) groups is 2. The minimum Gasteiger partial charge on any atom is -0.454 e. The maximum absolute atomic E-state index is 13.5. The van der Waals surface area contributed by atoms with Gasteiger partial charge in [0.25, 0.3) is 5.91 Å². The van der Waals surface area contributed by atoms with E-state index in [0.29, 0.717) is 12.8 Å². The maximum atomic E-state index is 13.5. The highest BCUT2D eigenvalue weighted by Crippen LogP contribution is 2.47. The monoisotopic (exact) mass is 403 g/mol. The van der Waals surface area contributed by atoms with Gasteiger partial charge in [0.1, 0.15) is 0 Å². The standard InChI is InChI=1S/C15H12F7NO4/c1-7(11(24)8-3-4-9-10(5-8)27-6-26-9)23(2)12(25)13(16,17)14(18,19)15(20,21)22/h3-5,7H,6H2,1-2H3. The molecule has 1 aliphatic rings. The van der Waals surface area contributed by atoms with Crippen molar-refractivity contribution in [1.29, 1.82) is 0 Å². The third-order valence-electron chi connectivity index (χ3n) is 3.96. The molecule has 0 aromatic heterocycles. The second kappa shape index (κ2) is 6.57. The molecule has 1 unspecified atom stereocenters. The summed E-state index contributed by atoms with van der Waals surface area (Å²) < 4.78 is 99.8. The SMILES string of the molecule is CC(C(=O)c1ccc2c(c1)OCO2)N(C)C(=O)C(F)(F)C(F)(F)C(F)(F)F. The van der Waals surface area contributed by atoms with Gasteiger partial charge in [-0.25, -0.2) is 0 Å². The number of ether oxygens (including phenoxy) is 2. The molecular formula is C15H12F7NO4. The highest BCUT2D eigenvalue weighted by atomic mass is 19.4. The summed E-state index contributed by atoms with van der Waals surface area (Å²) in [5, 5.41) is 0. The number of halogens is 7. The molecule has 1 atom stereocenters. The number of Topliss-reactive ketones (excluding diaryl/α,β-unsaturated/α-hetero) is 1. The van der Waals surface area contributed by atoms with E-state index in [2.05, 4.69) is 0 Å². The van der Waals surface area contributed by atoms with Crippen LogP contribution in [0.2, 0.25) is 0 Å². The van der Waals surface area contributed by atoms with E-state index in [4.69, 9.17) is 9.47 Å². The van der Waals surface area contributed by atoms with E-state index in [0.717, 1.165) is 6.92 Å². The van der Waals surface area contributed by atoms with E-state index in [-0.39, 0.29) is 23.0 Å². The summed E-state index contributed by atoms with van der Waals surface area (Å²) in [4.78, 5) is 23.8. The van der Waals surface area contributed by atoms with Crippen LogP contribution in [0, 0.1) is 0 Å². The van der Waals surface area contributed by atoms with Crippen molar-refractivity contribution in [3.8, 4) is 11.5 Å². The number of likely N-dealkylation sites (N-methyl/N-ethyl adjacent to an activating group) is 1. The number of alkyl halides is 7. The largest absolute Gasteiger partial charge is 0.460 e. The lowest BCUT2D eigenvalue weighted by molar-refractivity contribution is -0.345. The first-order chi connectivity index (χ1) is 12.2. The van der Waals surface area contributed by atoms with Crippen LogP contribution in [-0.2, 0) is 4.79 Å². The average molecular weight is 403 g/mol. The zero-order valence-electron chi connectivity index (χ0n) is 13.7. The number of fused-ring (bicyclic) bond motifs is 1. The van der Waals surface area contributed by atoms with Crippen molar-refractivity contribution in [3.63, 3.8) is 0 Å². The number of nitrogens with zero attached hydrogens (tertiary/aromatic N) is 1. The summed E-state index contributed by atoms with van der Waals surface area (Å²) in [7, 11) is 0.526. The highest BCUT2D eigenvalue weighted by molar-refractivity contribution is 6.02. The number of carbonyl (C=O) groups excluding carboxylic acids is 2. The molecule has 0 fully saturated rings. The molecule has 0 saturated carbocycles. The first kappa shape index (κ1) is 20.8. The van der Waals surface area contributed by atoms with Crippen LogP contribution in [0.3, 0.4) is 0 Å². The number of rotatable bonds is 5. The van der Waals surface area contributed by atoms with Crippen LogP contribution in [0.4, 0.5) is 30.7 Å². The van der Waals surface area contributed by atoms with Crippen molar-refractivity contribution in [2.75, 3.05) is 13.8 Å². The van der Waals surface area contributed by atoms with Gasteiger partial charge in [-0.05, 0) is 25.1 Å². The van der Waals surface area contributed by atoms with Crippen molar-refractivity contribution in [3.05, 3.63) is 23.8 Å². The highest BCUT2D eigenvalue weighted by Gasteiger charge is 2.76. The lowest BCUT2D eigenvalue weighted by Crippen LogP contribution is -2.61. The van der Waals surface area contributed by atoms with Crippen molar-refractivity contribution >= 4 is 11.7 Å². The third kappa shape index (κ3) is 3.39. The summed E-state index contributed by atoms with van der Waals surface area (Å²) in [6, 6.07) is 1.93. The van der Waals surface area contributed by atoms with Crippen LogP contribution in [0.15, 0.2) is 18.2 Å². The Balaban J connectivity index is 2.24. The fourth-order valence-corrected chi connectivity index (χ4v) is 2.18. The minimum atomic E-state index is -6.66. The molecule has 0 aliphatic carbocycles.